The molecule has 1 aromatic rings. The van der Waals surface area contributed by atoms with Crippen LogP contribution in [-0.4, -0.2) is 23.1 Å². The van der Waals surface area contributed by atoms with E-state index in [9.17, 15) is 14.8 Å². The van der Waals surface area contributed by atoms with Gasteiger partial charge in [-0.25, -0.2) is 0 Å². The zero-order chi connectivity index (χ0) is 12.1. The van der Waals surface area contributed by atoms with E-state index in [-0.39, 0.29) is 5.91 Å². The third-order valence-electron chi connectivity index (χ3n) is 2.24. The van der Waals surface area contributed by atoms with E-state index < -0.39 is 7.12 Å². The molecule has 0 saturated carbocycles. The smallest absolute Gasteiger partial charge is 0.423 e. The summed E-state index contributed by atoms with van der Waals surface area (Å²) in [7, 11) is -1.57. The standard InChI is InChI=1S/C11H16BNO3/c1-3-4-11(14)13-10-6-5-8(2)7-9(10)12(15)16/h5-7,15-16H,3-4H2,1-2H3,(H,13,14). The maximum Gasteiger partial charge on any atom is 0.490 e. The molecule has 0 aliphatic heterocycles. The van der Waals surface area contributed by atoms with Crippen molar-refractivity contribution in [3.63, 3.8) is 0 Å². The van der Waals surface area contributed by atoms with Crippen molar-refractivity contribution in [1.29, 1.82) is 0 Å². The quantitative estimate of drug-likeness (QED) is 0.645. The van der Waals surface area contributed by atoms with Gasteiger partial charge in [-0.15, -0.1) is 0 Å². The van der Waals surface area contributed by atoms with Crippen LogP contribution in [-0.2, 0) is 4.79 Å². The van der Waals surface area contributed by atoms with Crippen molar-refractivity contribution in [3.8, 4) is 0 Å². The number of anilines is 1. The number of hydrogen-bond donors (Lipinski definition) is 3. The van der Waals surface area contributed by atoms with Gasteiger partial charge in [0.25, 0.3) is 0 Å². The second-order valence-corrected chi connectivity index (χ2v) is 3.76. The minimum atomic E-state index is -1.57. The van der Waals surface area contributed by atoms with Gasteiger partial charge in [0.05, 0.1) is 0 Å². The Morgan fingerprint density at radius 1 is 1.44 bits per heavy atom. The molecule has 0 aliphatic rings. The lowest BCUT2D eigenvalue weighted by atomic mass is 9.78. The van der Waals surface area contributed by atoms with Crippen LogP contribution < -0.4 is 10.8 Å². The van der Waals surface area contributed by atoms with Gasteiger partial charge in [0, 0.05) is 17.6 Å². The molecule has 0 spiro atoms. The number of aryl methyl sites for hydroxylation is 1. The zero-order valence-electron chi connectivity index (χ0n) is 9.53. The fraction of sp³-hybridized carbons (Fsp3) is 0.364. The van der Waals surface area contributed by atoms with Crippen molar-refractivity contribution in [3.05, 3.63) is 23.8 Å². The Labute approximate surface area is 95.4 Å². The van der Waals surface area contributed by atoms with E-state index >= 15 is 0 Å². The van der Waals surface area contributed by atoms with Crippen molar-refractivity contribution in [1.82, 2.24) is 0 Å². The highest BCUT2D eigenvalue weighted by Gasteiger charge is 2.17. The summed E-state index contributed by atoms with van der Waals surface area (Å²) in [5, 5.41) is 21.0. The van der Waals surface area contributed by atoms with Gasteiger partial charge in [0.15, 0.2) is 0 Å². The highest BCUT2D eigenvalue weighted by atomic mass is 16.4. The zero-order valence-corrected chi connectivity index (χ0v) is 9.53. The summed E-state index contributed by atoms with van der Waals surface area (Å²) in [6.45, 7) is 3.76. The summed E-state index contributed by atoms with van der Waals surface area (Å²) in [4.78, 5) is 11.4. The lowest BCUT2D eigenvalue weighted by Gasteiger charge is -2.11. The summed E-state index contributed by atoms with van der Waals surface area (Å²) < 4.78 is 0. The van der Waals surface area contributed by atoms with Gasteiger partial charge in [-0.1, -0.05) is 24.6 Å². The lowest BCUT2D eigenvalue weighted by molar-refractivity contribution is -0.116. The number of amides is 1. The van der Waals surface area contributed by atoms with Crippen molar-refractivity contribution < 1.29 is 14.8 Å². The molecule has 0 aliphatic carbocycles. The second-order valence-electron chi connectivity index (χ2n) is 3.76. The first-order valence-electron chi connectivity index (χ1n) is 5.31. The van der Waals surface area contributed by atoms with Gasteiger partial charge in [0.1, 0.15) is 0 Å². The third-order valence-corrected chi connectivity index (χ3v) is 2.24. The average Bonchev–Trinajstić information content (AvgIpc) is 2.20. The molecule has 0 bridgehead atoms. The molecular weight excluding hydrogens is 205 g/mol. The van der Waals surface area contributed by atoms with E-state index in [0.29, 0.717) is 17.6 Å². The minimum absolute atomic E-state index is 0.117. The van der Waals surface area contributed by atoms with Crippen molar-refractivity contribution in [2.75, 3.05) is 5.32 Å². The third kappa shape index (κ3) is 3.36. The monoisotopic (exact) mass is 221 g/mol. The van der Waals surface area contributed by atoms with Crippen LogP contribution in [0.4, 0.5) is 5.69 Å². The van der Waals surface area contributed by atoms with Crippen LogP contribution in [0.25, 0.3) is 0 Å². The van der Waals surface area contributed by atoms with Crippen LogP contribution in [0, 0.1) is 6.92 Å². The largest absolute Gasteiger partial charge is 0.490 e. The first kappa shape index (κ1) is 12.7. The second kappa shape index (κ2) is 5.68. The number of hydrogen-bond acceptors (Lipinski definition) is 3. The molecule has 0 saturated heterocycles. The molecule has 4 nitrogen and oxygen atoms in total. The average molecular weight is 221 g/mol. The molecule has 0 unspecified atom stereocenters. The number of carbonyl (C=O) groups is 1. The fourth-order valence-corrected chi connectivity index (χ4v) is 1.45. The molecule has 1 aromatic carbocycles. The Bertz CT molecular complexity index is 379. The predicted octanol–water partition coefficient (Wildman–Crippen LogP) is 0.413. The molecule has 0 fully saturated rings. The SMILES string of the molecule is CCCC(=O)Nc1ccc(C)cc1B(O)O. The Balaban J connectivity index is 2.90. The van der Waals surface area contributed by atoms with Crippen LogP contribution in [0.3, 0.4) is 0 Å². The normalized spacial score (nSPS) is 10.0. The van der Waals surface area contributed by atoms with Crippen LogP contribution in [0.2, 0.25) is 0 Å². The molecular formula is C11H16BNO3. The van der Waals surface area contributed by atoms with E-state index in [1.807, 2.05) is 19.9 Å². The molecule has 0 heterocycles. The highest BCUT2D eigenvalue weighted by Crippen LogP contribution is 2.08. The number of carbonyl (C=O) groups excluding carboxylic acids is 1. The summed E-state index contributed by atoms with van der Waals surface area (Å²) >= 11 is 0. The Hall–Kier alpha value is -1.33. The molecule has 0 atom stereocenters. The predicted molar refractivity (Wildman–Crippen MR) is 64.5 cm³/mol. The van der Waals surface area contributed by atoms with Gasteiger partial charge >= 0.3 is 7.12 Å². The Morgan fingerprint density at radius 2 is 2.12 bits per heavy atom. The molecule has 0 radical (unpaired) electrons. The molecule has 86 valence electrons. The van der Waals surface area contributed by atoms with Gasteiger partial charge in [-0.05, 0) is 19.4 Å². The first-order valence-corrected chi connectivity index (χ1v) is 5.31. The van der Waals surface area contributed by atoms with E-state index in [4.69, 9.17) is 0 Å². The van der Waals surface area contributed by atoms with Gasteiger partial charge in [-0.2, -0.15) is 0 Å². The van der Waals surface area contributed by atoms with Crippen molar-refractivity contribution >= 4 is 24.2 Å². The summed E-state index contributed by atoms with van der Waals surface area (Å²) in [5.41, 5.74) is 1.69. The maximum absolute atomic E-state index is 11.4. The van der Waals surface area contributed by atoms with Crippen molar-refractivity contribution in [2.24, 2.45) is 0 Å². The van der Waals surface area contributed by atoms with E-state index in [2.05, 4.69) is 5.32 Å². The summed E-state index contributed by atoms with van der Waals surface area (Å²) in [6.07, 6.45) is 1.18. The topological polar surface area (TPSA) is 69.6 Å². The number of nitrogens with one attached hydrogen (secondary N) is 1. The molecule has 3 N–H and O–H groups in total. The van der Waals surface area contributed by atoms with E-state index in [1.54, 1.807) is 12.1 Å². The van der Waals surface area contributed by atoms with Gasteiger partial charge in [0.2, 0.25) is 5.91 Å². The molecule has 1 amide bonds. The summed E-state index contributed by atoms with van der Waals surface area (Å²) in [6, 6.07) is 5.14. The molecule has 0 aromatic heterocycles. The molecule has 5 heteroatoms. The van der Waals surface area contributed by atoms with Crippen LogP contribution >= 0.6 is 0 Å². The summed E-state index contributed by atoms with van der Waals surface area (Å²) in [5.74, 6) is -0.117. The van der Waals surface area contributed by atoms with E-state index in [1.165, 1.54) is 0 Å². The first-order chi connectivity index (χ1) is 7.54. The fourth-order valence-electron chi connectivity index (χ4n) is 1.45. The van der Waals surface area contributed by atoms with Crippen LogP contribution in [0.5, 0.6) is 0 Å². The minimum Gasteiger partial charge on any atom is -0.423 e. The highest BCUT2D eigenvalue weighted by molar-refractivity contribution is 6.60. The Kier molecular flexibility index (Phi) is 4.52. The Morgan fingerprint density at radius 3 is 2.69 bits per heavy atom. The van der Waals surface area contributed by atoms with Gasteiger partial charge in [-0.3, -0.25) is 4.79 Å². The van der Waals surface area contributed by atoms with Crippen LogP contribution in [0.1, 0.15) is 25.3 Å². The molecule has 1 rings (SSSR count). The lowest BCUT2D eigenvalue weighted by Crippen LogP contribution is -2.33. The number of benzene rings is 1. The van der Waals surface area contributed by atoms with Gasteiger partial charge < -0.3 is 15.4 Å². The molecule has 16 heavy (non-hydrogen) atoms. The van der Waals surface area contributed by atoms with Crippen LogP contribution in [0.15, 0.2) is 18.2 Å². The van der Waals surface area contributed by atoms with E-state index in [0.717, 1.165) is 12.0 Å². The maximum atomic E-state index is 11.4. The number of rotatable bonds is 4. The van der Waals surface area contributed by atoms with Crippen molar-refractivity contribution in [2.45, 2.75) is 26.7 Å².